The number of unbranched alkanes of at least 4 members (excludes halogenated alkanes) is 16. The maximum Gasteiger partial charge on any atom is 0.306 e. The molecule has 352 valence electrons. The van der Waals surface area contributed by atoms with Crippen molar-refractivity contribution in [3.63, 3.8) is 0 Å². The van der Waals surface area contributed by atoms with Gasteiger partial charge in [0.15, 0.2) is 6.10 Å². The molecule has 0 N–H and O–H groups in total. The third-order valence-electron chi connectivity index (χ3n) is 10.3. The standard InChI is InChI=1S/C57H94O5/c1-4-7-10-13-16-19-22-25-26-27-28-29-30-31-34-37-40-43-46-49-52-60-53-55(62-57(59)51-48-45-42-39-36-33-24-21-18-15-12-9-6-3)54-61-56(58)50-47-44-41-38-35-32-23-20-17-14-11-8-5-2/h8-9,11-12,16-21,25-26,28-29,32-33,35-36,55H,4-7,10,13-15,22-24,27,30-31,34,37-54H2,1-3H3/b11-8-,12-9-,19-16-,20-17-,21-18-,26-25-,29-28-,35-32-,36-33-. The Bertz CT molecular complexity index is 1250. The molecule has 0 aromatic carbocycles. The molecule has 0 aromatic rings. The number of rotatable bonds is 45. The molecule has 0 aliphatic carbocycles. The van der Waals surface area contributed by atoms with Gasteiger partial charge in [0.05, 0.1) is 6.61 Å². The van der Waals surface area contributed by atoms with Crippen molar-refractivity contribution in [2.45, 2.75) is 219 Å². The summed E-state index contributed by atoms with van der Waals surface area (Å²) in [6, 6.07) is 0. The van der Waals surface area contributed by atoms with Gasteiger partial charge < -0.3 is 14.2 Å². The monoisotopic (exact) mass is 859 g/mol. The molecule has 0 amide bonds. The van der Waals surface area contributed by atoms with Crippen LogP contribution in [0.15, 0.2) is 109 Å². The van der Waals surface area contributed by atoms with E-state index in [4.69, 9.17) is 14.2 Å². The largest absolute Gasteiger partial charge is 0.462 e. The van der Waals surface area contributed by atoms with Crippen molar-refractivity contribution in [2.75, 3.05) is 19.8 Å². The number of allylic oxidation sites excluding steroid dienone is 18. The zero-order valence-corrected chi connectivity index (χ0v) is 40.3. The third-order valence-corrected chi connectivity index (χ3v) is 10.3. The molecule has 0 aliphatic rings. The third kappa shape index (κ3) is 49.2. The molecule has 0 aliphatic heterocycles. The molecule has 0 saturated carbocycles. The quantitative estimate of drug-likeness (QED) is 0.0347. The molecule has 0 fully saturated rings. The van der Waals surface area contributed by atoms with Crippen molar-refractivity contribution in [3.05, 3.63) is 109 Å². The van der Waals surface area contributed by atoms with Gasteiger partial charge in [-0.1, -0.05) is 188 Å². The van der Waals surface area contributed by atoms with E-state index < -0.39 is 6.10 Å². The minimum absolute atomic E-state index is 0.0476. The van der Waals surface area contributed by atoms with E-state index in [2.05, 4.69) is 130 Å². The van der Waals surface area contributed by atoms with Gasteiger partial charge in [-0.05, 0) is 122 Å². The SMILES string of the molecule is CC/C=C\C/C=C\C/C=C\CCCCCC(=O)OCC(COCCCCCCCCC/C=C\C/C=C\C/C=C\CCCCC)OC(=O)CCCCC/C=C\C/C=C\C/C=C\CC. The Hall–Kier alpha value is -3.44. The Morgan fingerprint density at radius 1 is 0.371 bits per heavy atom. The molecule has 62 heavy (non-hydrogen) atoms. The average Bonchev–Trinajstić information content (AvgIpc) is 3.27. The zero-order chi connectivity index (χ0) is 44.9. The maximum absolute atomic E-state index is 12.8. The smallest absolute Gasteiger partial charge is 0.306 e. The average molecular weight is 859 g/mol. The fourth-order valence-electron chi connectivity index (χ4n) is 6.54. The molecule has 0 rings (SSSR count). The van der Waals surface area contributed by atoms with E-state index >= 15 is 0 Å². The topological polar surface area (TPSA) is 61.8 Å². The van der Waals surface area contributed by atoms with Gasteiger partial charge in [-0.15, -0.1) is 0 Å². The van der Waals surface area contributed by atoms with Gasteiger partial charge in [0.1, 0.15) is 6.61 Å². The molecule has 1 unspecified atom stereocenters. The second kappa shape index (κ2) is 51.9. The molecular formula is C57H94O5. The van der Waals surface area contributed by atoms with Crippen LogP contribution >= 0.6 is 0 Å². The van der Waals surface area contributed by atoms with Crippen LogP contribution < -0.4 is 0 Å². The van der Waals surface area contributed by atoms with Crippen LogP contribution in [0.1, 0.15) is 213 Å². The van der Waals surface area contributed by atoms with Crippen LogP contribution in [0, 0.1) is 0 Å². The van der Waals surface area contributed by atoms with E-state index in [-0.39, 0.29) is 25.2 Å². The summed E-state index contributed by atoms with van der Waals surface area (Å²) in [5.41, 5.74) is 0. The van der Waals surface area contributed by atoms with Crippen LogP contribution in [-0.2, 0) is 23.8 Å². The minimum atomic E-state index is -0.575. The maximum atomic E-state index is 12.8. The van der Waals surface area contributed by atoms with Crippen molar-refractivity contribution < 1.29 is 23.8 Å². The van der Waals surface area contributed by atoms with Gasteiger partial charge in [-0.25, -0.2) is 0 Å². The zero-order valence-electron chi connectivity index (χ0n) is 40.3. The fraction of sp³-hybridized carbons (Fsp3) is 0.649. The first-order chi connectivity index (χ1) is 30.6. The highest BCUT2D eigenvalue weighted by atomic mass is 16.6. The van der Waals surface area contributed by atoms with E-state index in [9.17, 15) is 9.59 Å². The summed E-state index contributed by atoms with van der Waals surface area (Å²) in [4.78, 5) is 25.3. The van der Waals surface area contributed by atoms with Crippen LogP contribution in [0.5, 0.6) is 0 Å². The Kier molecular flexibility index (Phi) is 49.0. The van der Waals surface area contributed by atoms with E-state index in [0.29, 0.717) is 19.4 Å². The van der Waals surface area contributed by atoms with Crippen molar-refractivity contribution in [1.82, 2.24) is 0 Å². The second-order valence-electron chi connectivity index (χ2n) is 16.3. The molecular weight excluding hydrogens is 765 g/mol. The first-order valence-electron chi connectivity index (χ1n) is 25.4. The van der Waals surface area contributed by atoms with E-state index in [1.165, 1.54) is 64.2 Å². The normalized spacial score (nSPS) is 13.1. The summed E-state index contributed by atoms with van der Waals surface area (Å²) in [5.74, 6) is -0.478. The number of hydrogen-bond acceptors (Lipinski definition) is 5. The number of carbonyl (C=O) groups is 2. The highest BCUT2D eigenvalue weighted by Crippen LogP contribution is 2.12. The van der Waals surface area contributed by atoms with Crippen LogP contribution in [0.2, 0.25) is 0 Å². The molecule has 0 radical (unpaired) electrons. The molecule has 5 heteroatoms. The van der Waals surface area contributed by atoms with Crippen LogP contribution in [0.4, 0.5) is 0 Å². The van der Waals surface area contributed by atoms with Gasteiger partial charge in [0.25, 0.3) is 0 Å². The fourth-order valence-corrected chi connectivity index (χ4v) is 6.54. The molecule has 0 saturated heterocycles. The lowest BCUT2D eigenvalue weighted by Crippen LogP contribution is -2.30. The van der Waals surface area contributed by atoms with E-state index in [1.54, 1.807) is 0 Å². The van der Waals surface area contributed by atoms with Gasteiger partial charge in [-0.3, -0.25) is 9.59 Å². The second-order valence-corrected chi connectivity index (χ2v) is 16.3. The van der Waals surface area contributed by atoms with E-state index in [0.717, 1.165) is 116 Å². The summed E-state index contributed by atoms with van der Waals surface area (Å²) in [5, 5.41) is 0. The summed E-state index contributed by atoms with van der Waals surface area (Å²) in [6.45, 7) is 7.47. The minimum Gasteiger partial charge on any atom is -0.462 e. The molecule has 0 spiro atoms. The Morgan fingerprint density at radius 3 is 1.16 bits per heavy atom. The Morgan fingerprint density at radius 2 is 0.726 bits per heavy atom. The summed E-state index contributed by atoms with van der Waals surface area (Å²) in [7, 11) is 0. The number of esters is 2. The predicted molar refractivity (Wildman–Crippen MR) is 269 cm³/mol. The van der Waals surface area contributed by atoms with Crippen molar-refractivity contribution in [2.24, 2.45) is 0 Å². The molecule has 0 bridgehead atoms. The lowest BCUT2D eigenvalue weighted by Gasteiger charge is -2.18. The van der Waals surface area contributed by atoms with Crippen molar-refractivity contribution >= 4 is 11.9 Å². The molecule has 5 nitrogen and oxygen atoms in total. The summed E-state index contributed by atoms with van der Waals surface area (Å²) in [6.07, 6.45) is 71.0. The van der Waals surface area contributed by atoms with Crippen molar-refractivity contribution in [1.29, 1.82) is 0 Å². The predicted octanol–water partition coefficient (Wildman–Crippen LogP) is 17.2. The van der Waals surface area contributed by atoms with Gasteiger partial charge in [-0.2, -0.15) is 0 Å². The lowest BCUT2D eigenvalue weighted by atomic mass is 10.1. The molecule has 0 heterocycles. The summed E-state index contributed by atoms with van der Waals surface area (Å²) < 4.78 is 17.3. The highest BCUT2D eigenvalue weighted by molar-refractivity contribution is 5.70. The molecule has 0 aromatic heterocycles. The van der Waals surface area contributed by atoms with Gasteiger partial charge in [0, 0.05) is 19.4 Å². The lowest BCUT2D eigenvalue weighted by molar-refractivity contribution is -0.163. The van der Waals surface area contributed by atoms with Gasteiger partial charge in [0.2, 0.25) is 0 Å². The van der Waals surface area contributed by atoms with E-state index in [1.807, 2.05) is 0 Å². The van der Waals surface area contributed by atoms with Crippen LogP contribution in [0.25, 0.3) is 0 Å². The van der Waals surface area contributed by atoms with Crippen molar-refractivity contribution in [3.8, 4) is 0 Å². The van der Waals surface area contributed by atoms with Crippen LogP contribution in [0.3, 0.4) is 0 Å². The Balaban J connectivity index is 4.35. The highest BCUT2D eigenvalue weighted by Gasteiger charge is 2.17. The first-order valence-corrected chi connectivity index (χ1v) is 25.4. The van der Waals surface area contributed by atoms with Crippen LogP contribution in [-0.4, -0.2) is 37.9 Å². The first kappa shape index (κ1) is 58.6. The Labute approximate surface area is 383 Å². The number of carbonyl (C=O) groups excluding carboxylic acids is 2. The summed E-state index contributed by atoms with van der Waals surface area (Å²) >= 11 is 0. The van der Waals surface area contributed by atoms with Gasteiger partial charge >= 0.3 is 11.9 Å². The molecule has 1 atom stereocenters. The number of hydrogen-bond donors (Lipinski definition) is 0. The number of ether oxygens (including phenoxy) is 3.